The van der Waals surface area contributed by atoms with E-state index in [4.69, 9.17) is 18.9 Å². The fourth-order valence-electron chi connectivity index (χ4n) is 14.5. The number of carbonyl (C=O) groups is 2. The van der Waals surface area contributed by atoms with Gasteiger partial charge >= 0.3 is 11.9 Å². The number of aliphatic hydroxyl groups excluding tert-OH is 5. The smallest absolute Gasteiger partial charge is 0.334 e. The molecule has 17 atom stereocenters. The van der Waals surface area contributed by atoms with Crippen LogP contribution in [0.1, 0.15) is 107 Å². The maximum Gasteiger partial charge on any atom is 0.334 e. The number of nitrogens with one attached hydrogen (secondary N) is 1. The summed E-state index contributed by atoms with van der Waals surface area (Å²) in [7, 11) is 1.41. The topological polar surface area (TPSA) is 225 Å². The van der Waals surface area contributed by atoms with Gasteiger partial charge in [-0.1, -0.05) is 75.4 Å². The molecule has 3 fully saturated rings. The largest absolute Gasteiger partial charge is 0.504 e. The van der Waals surface area contributed by atoms with Gasteiger partial charge in [-0.3, -0.25) is 4.79 Å². The first-order valence-electron chi connectivity index (χ1n) is 26.5. The Labute approximate surface area is 423 Å². The lowest BCUT2D eigenvalue weighted by atomic mass is 9.38. The lowest BCUT2D eigenvalue weighted by Crippen LogP contribution is -2.71. The zero-order chi connectivity index (χ0) is 51.3. The molecule has 7 aliphatic carbocycles. The summed E-state index contributed by atoms with van der Waals surface area (Å²) in [6.45, 7) is 8.30. The maximum atomic E-state index is 15.1. The number of methoxy groups -OCH3 is 1. The molecule has 0 aromatic heterocycles. The molecule has 14 heteroatoms. The third kappa shape index (κ3) is 9.75. The van der Waals surface area contributed by atoms with Crippen molar-refractivity contribution in [1.82, 2.24) is 5.32 Å². The molecular weight excluding hydrogens is 919 g/mol. The number of fused-ring (bicyclic) bond motifs is 7. The van der Waals surface area contributed by atoms with Crippen LogP contribution in [0.5, 0.6) is 11.5 Å². The standard InChI is InChI=1S/C58H77NO13/c1-32(2)40-14-19-56-20-15-41(33(3)28-56)45(57(56)21-16-42(40)48(64)29-57)11-13-50(65)70-53-51(66)52-46(59-30-34(4)62)17-22-58(68,72-52)54(53)71-55(67)39(24-36-7-12-47(63)49(26-36)69-5)27-44-38(31-61)10-9-37-8-6-35(18-23-60)25-43(37)44/h6-8,12,15-17,20-22,24-26,32-34,38,40-42,44-46,48,51-54,59-64,66,68H,9-11,13-14,18-19,23,27-31H2,1-5H3. The van der Waals surface area contributed by atoms with E-state index >= 15 is 4.79 Å². The van der Waals surface area contributed by atoms with Crippen molar-refractivity contribution in [3.05, 3.63) is 101 Å². The number of phenolic OH excluding ortho intramolecular Hbond substituents is 1. The van der Waals surface area contributed by atoms with Gasteiger partial charge in [0.05, 0.1) is 25.4 Å². The van der Waals surface area contributed by atoms with Crippen molar-refractivity contribution in [2.24, 2.45) is 52.3 Å². The van der Waals surface area contributed by atoms with Gasteiger partial charge in [-0.2, -0.15) is 0 Å². The average Bonchev–Trinajstić information content (AvgIpc) is 3.34. The summed E-state index contributed by atoms with van der Waals surface area (Å²) >= 11 is 0. The fourth-order valence-corrected chi connectivity index (χ4v) is 14.5. The van der Waals surface area contributed by atoms with Crippen LogP contribution in [-0.4, -0.2) is 123 Å². The van der Waals surface area contributed by atoms with Crippen LogP contribution < -0.4 is 10.1 Å². The normalized spacial score (nSPS) is 37.9. The molecule has 11 rings (SSSR count). The number of ether oxygens (including phenoxy) is 4. The molecular formula is C58H77NO13. The van der Waals surface area contributed by atoms with Crippen molar-refractivity contribution < 1.29 is 64.3 Å². The maximum absolute atomic E-state index is 15.1. The monoisotopic (exact) mass is 996 g/mol. The molecule has 2 spiro atoms. The molecule has 72 heavy (non-hydrogen) atoms. The summed E-state index contributed by atoms with van der Waals surface area (Å²) in [4.78, 5) is 29.7. The van der Waals surface area contributed by atoms with E-state index in [0.717, 1.165) is 36.0 Å². The van der Waals surface area contributed by atoms with E-state index in [1.165, 1.54) is 19.3 Å². The van der Waals surface area contributed by atoms with Gasteiger partial charge in [0.2, 0.25) is 5.79 Å². The number of phenols is 1. The Bertz CT molecular complexity index is 2430. The number of aliphatic hydroxyl groups is 6. The second kappa shape index (κ2) is 21.1. The minimum absolute atomic E-state index is 0.0219. The molecule has 2 aromatic carbocycles. The first-order valence-corrected chi connectivity index (χ1v) is 26.5. The van der Waals surface area contributed by atoms with Crippen LogP contribution in [0, 0.1) is 52.3 Å². The van der Waals surface area contributed by atoms with Crippen molar-refractivity contribution in [3.8, 4) is 11.5 Å². The van der Waals surface area contributed by atoms with Gasteiger partial charge in [0.25, 0.3) is 0 Å². The van der Waals surface area contributed by atoms with Gasteiger partial charge < -0.3 is 60.0 Å². The number of aromatic hydroxyl groups is 1. The van der Waals surface area contributed by atoms with Crippen LogP contribution in [0.15, 0.2) is 78.4 Å². The highest BCUT2D eigenvalue weighted by Gasteiger charge is 2.64. The second-order valence-corrected chi connectivity index (χ2v) is 22.8. The van der Waals surface area contributed by atoms with Crippen molar-refractivity contribution in [3.63, 3.8) is 0 Å². The van der Waals surface area contributed by atoms with Gasteiger partial charge in [0, 0.05) is 43.1 Å². The predicted octanol–water partition coefficient (Wildman–Crippen LogP) is 5.83. The van der Waals surface area contributed by atoms with Crippen LogP contribution in [0.4, 0.5) is 0 Å². The second-order valence-electron chi connectivity index (χ2n) is 22.8. The Morgan fingerprint density at radius 3 is 2.47 bits per heavy atom. The Hall–Kier alpha value is -4.38. The number of benzene rings is 2. The van der Waals surface area contributed by atoms with Crippen molar-refractivity contribution in [1.29, 1.82) is 0 Å². The number of carbonyl (C=O) groups excluding carboxylic acids is 2. The number of hydrogen-bond donors (Lipinski definition) is 8. The van der Waals surface area contributed by atoms with E-state index in [-0.39, 0.29) is 90.1 Å². The highest BCUT2D eigenvalue weighted by Crippen LogP contribution is 2.70. The minimum Gasteiger partial charge on any atom is -0.504 e. The molecule has 9 aliphatic rings. The fraction of sp³-hybridized carbons (Fsp3) is 0.621. The third-order valence-electron chi connectivity index (χ3n) is 18.2. The summed E-state index contributed by atoms with van der Waals surface area (Å²) in [6.07, 6.45) is 12.4. The molecule has 0 amide bonds. The Morgan fingerprint density at radius 1 is 0.972 bits per heavy atom. The molecule has 17 unspecified atom stereocenters. The van der Waals surface area contributed by atoms with Crippen molar-refractivity contribution in [2.75, 3.05) is 26.9 Å². The van der Waals surface area contributed by atoms with Crippen LogP contribution in [0.25, 0.3) is 6.08 Å². The Balaban J connectivity index is 1.04. The lowest BCUT2D eigenvalue weighted by Gasteiger charge is -2.66. The Morgan fingerprint density at radius 2 is 1.76 bits per heavy atom. The number of aryl methyl sites for hydroxylation is 1. The van der Waals surface area contributed by atoms with E-state index in [9.17, 15) is 40.5 Å². The quantitative estimate of drug-likeness (QED) is 0.0531. The van der Waals surface area contributed by atoms with Gasteiger partial charge in [-0.25, -0.2) is 4.79 Å². The highest BCUT2D eigenvalue weighted by molar-refractivity contribution is 5.94. The van der Waals surface area contributed by atoms with E-state index in [0.29, 0.717) is 55.4 Å². The summed E-state index contributed by atoms with van der Waals surface area (Å²) < 4.78 is 24.2. The average molecular weight is 996 g/mol. The Kier molecular flexibility index (Phi) is 15.4. The molecule has 2 heterocycles. The number of hydrogen-bond acceptors (Lipinski definition) is 14. The number of allylic oxidation sites excluding steroid dienone is 3. The molecule has 2 aliphatic heterocycles. The van der Waals surface area contributed by atoms with Crippen molar-refractivity contribution in [2.45, 2.75) is 146 Å². The number of esters is 2. The summed E-state index contributed by atoms with van der Waals surface area (Å²) in [6, 6.07) is 9.91. The van der Waals surface area contributed by atoms with Gasteiger partial charge in [-0.15, -0.1) is 0 Å². The summed E-state index contributed by atoms with van der Waals surface area (Å²) in [5.41, 5.74) is 2.98. The minimum atomic E-state index is -2.37. The highest BCUT2D eigenvalue weighted by atomic mass is 16.7. The zero-order valence-electron chi connectivity index (χ0n) is 42.4. The SMILES string of the molecule is COc1cc(C=C(CC2c3cc(CCO)ccc3CCC2CO)C(=O)OC2C(OC(=O)CCC3C4C=CC5(CCC(C(C)C)C6C=CC35CC6O)CC4C)C(O)C3OC2(O)C=CC3NCC(C)O)ccc1O. The molecule has 2 saturated carbocycles. The van der Waals surface area contributed by atoms with Crippen LogP contribution >= 0.6 is 0 Å². The van der Waals surface area contributed by atoms with E-state index in [2.05, 4.69) is 50.4 Å². The summed E-state index contributed by atoms with van der Waals surface area (Å²) in [5, 5.41) is 80.9. The predicted molar refractivity (Wildman–Crippen MR) is 269 cm³/mol. The van der Waals surface area contributed by atoms with Gasteiger partial charge in [0.1, 0.15) is 12.2 Å². The molecule has 8 N–H and O–H groups in total. The molecule has 1 saturated heterocycles. The molecule has 0 radical (unpaired) electrons. The van der Waals surface area contributed by atoms with Crippen LogP contribution in [-0.2, 0) is 36.6 Å². The van der Waals surface area contributed by atoms with E-state index in [1.54, 1.807) is 31.2 Å². The van der Waals surface area contributed by atoms with Crippen molar-refractivity contribution >= 4 is 18.0 Å². The third-order valence-corrected chi connectivity index (χ3v) is 18.2. The molecule has 14 nitrogen and oxygen atoms in total. The first-order chi connectivity index (χ1) is 34.4. The number of rotatable bonds is 17. The summed E-state index contributed by atoms with van der Waals surface area (Å²) in [5.74, 6) is -3.07. The molecule has 2 aromatic rings. The van der Waals surface area contributed by atoms with Crippen LogP contribution in [0.2, 0.25) is 0 Å². The van der Waals surface area contributed by atoms with E-state index in [1.807, 2.05) is 18.2 Å². The lowest BCUT2D eigenvalue weighted by molar-refractivity contribution is -0.333. The molecule has 6 bridgehead atoms. The first kappa shape index (κ1) is 52.5. The van der Waals surface area contributed by atoms with E-state index < -0.39 is 60.4 Å². The molecule has 392 valence electrons. The van der Waals surface area contributed by atoms with Gasteiger partial charge in [-0.05, 0) is 158 Å². The van der Waals surface area contributed by atoms with Crippen LogP contribution in [0.3, 0.4) is 0 Å². The van der Waals surface area contributed by atoms with Gasteiger partial charge in [0.15, 0.2) is 23.7 Å². The zero-order valence-corrected chi connectivity index (χ0v) is 42.4.